The van der Waals surface area contributed by atoms with Crippen molar-refractivity contribution in [3.8, 4) is 5.75 Å². The van der Waals surface area contributed by atoms with Gasteiger partial charge >= 0.3 is 5.69 Å². The van der Waals surface area contributed by atoms with Crippen LogP contribution in [0.25, 0.3) is 0 Å². The third kappa shape index (κ3) is 3.90. The van der Waals surface area contributed by atoms with E-state index in [0.717, 1.165) is 18.2 Å². The Kier molecular flexibility index (Phi) is 5.00. The van der Waals surface area contributed by atoms with Crippen LogP contribution in [0.15, 0.2) is 23.1 Å². The molecular formula is C10H13N3O6S. The Morgan fingerprint density at radius 1 is 1.45 bits per heavy atom. The monoisotopic (exact) mass is 303 g/mol. The molecule has 0 aliphatic carbocycles. The lowest BCUT2D eigenvalue weighted by atomic mass is 10.3. The second-order valence-electron chi connectivity index (χ2n) is 3.69. The first-order chi connectivity index (χ1) is 9.27. The second-order valence-corrected chi connectivity index (χ2v) is 5.45. The summed E-state index contributed by atoms with van der Waals surface area (Å²) in [4.78, 5) is 20.5. The van der Waals surface area contributed by atoms with E-state index in [4.69, 9.17) is 0 Å². The number of nitro benzene ring substituents is 1. The second kappa shape index (κ2) is 6.30. The van der Waals surface area contributed by atoms with Crippen LogP contribution in [0.1, 0.15) is 6.92 Å². The van der Waals surface area contributed by atoms with Gasteiger partial charge in [0, 0.05) is 12.6 Å². The molecule has 1 aromatic rings. The highest BCUT2D eigenvalue weighted by Gasteiger charge is 2.21. The highest BCUT2D eigenvalue weighted by molar-refractivity contribution is 7.89. The zero-order chi connectivity index (χ0) is 15.3. The molecule has 20 heavy (non-hydrogen) atoms. The van der Waals surface area contributed by atoms with Gasteiger partial charge in [-0.3, -0.25) is 14.9 Å². The quantitative estimate of drug-likeness (QED) is 0.487. The first-order valence-corrected chi connectivity index (χ1v) is 7.00. The van der Waals surface area contributed by atoms with Crippen molar-refractivity contribution in [2.75, 3.05) is 13.1 Å². The van der Waals surface area contributed by atoms with Crippen LogP contribution < -0.4 is 10.0 Å². The van der Waals surface area contributed by atoms with Crippen LogP contribution in [0.5, 0.6) is 5.75 Å². The molecule has 0 aliphatic rings. The topological polar surface area (TPSA) is 139 Å². The summed E-state index contributed by atoms with van der Waals surface area (Å²) in [5.74, 6) is -1.16. The summed E-state index contributed by atoms with van der Waals surface area (Å²) >= 11 is 0. The number of carbonyl (C=O) groups is 1. The van der Waals surface area contributed by atoms with Gasteiger partial charge in [0.05, 0.1) is 16.4 Å². The number of phenolic OH excluding ortho intramolecular Hbond substituents is 1. The minimum atomic E-state index is -4.07. The number of aromatic hydroxyl groups is 1. The molecule has 10 heteroatoms. The van der Waals surface area contributed by atoms with Crippen molar-refractivity contribution in [3.05, 3.63) is 28.3 Å². The van der Waals surface area contributed by atoms with Crippen LogP contribution in [0.4, 0.5) is 5.69 Å². The molecule has 0 heterocycles. The van der Waals surface area contributed by atoms with E-state index in [1.807, 2.05) is 4.72 Å². The van der Waals surface area contributed by atoms with Crippen molar-refractivity contribution < 1.29 is 23.2 Å². The van der Waals surface area contributed by atoms with E-state index < -0.39 is 43.7 Å². The predicted molar refractivity (Wildman–Crippen MR) is 68.6 cm³/mol. The zero-order valence-electron chi connectivity index (χ0n) is 10.5. The highest BCUT2D eigenvalue weighted by Crippen LogP contribution is 2.27. The van der Waals surface area contributed by atoms with Gasteiger partial charge in [0.25, 0.3) is 0 Å². The van der Waals surface area contributed by atoms with Gasteiger partial charge in [-0.2, -0.15) is 0 Å². The Labute approximate surface area is 114 Å². The summed E-state index contributed by atoms with van der Waals surface area (Å²) in [5.41, 5.74) is -0.731. The summed E-state index contributed by atoms with van der Waals surface area (Å²) in [6.07, 6.45) is 0. The van der Waals surface area contributed by atoms with Gasteiger partial charge in [0.15, 0.2) is 5.75 Å². The van der Waals surface area contributed by atoms with E-state index in [0.29, 0.717) is 6.54 Å². The van der Waals surface area contributed by atoms with Crippen LogP contribution >= 0.6 is 0 Å². The van der Waals surface area contributed by atoms with Gasteiger partial charge in [0.2, 0.25) is 15.9 Å². The Balaban J connectivity index is 2.96. The Morgan fingerprint density at radius 3 is 2.65 bits per heavy atom. The standard InChI is InChI=1S/C10H13N3O6S/c1-2-11-10(15)6-12-20(18,19)7-3-4-9(14)8(5-7)13(16)17/h3-5,12,14H,2,6H2,1H3,(H,11,15). The first kappa shape index (κ1) is 15.9. The minimum absolute atomic E-state index is 0.352. The summed E-state index contributed by atoms with van der Waals surface area (Å²) in [7, 11) is -4.07. The average Bonchev–Trinajstić information content (AvgIpc) is 2.37. The predicted octanol–water partition coefficient (Wildman–Crippen LogP) is -0.285. The number of phenols is 1. The maximum Gasteiger partial charge on any atom is 0.312 e. The number of nitrogens with zero attached hydrogens (tertiary/aromatic N) is 1. The van der Waals surface area contributed by atoms with E-state index in [1.54, 1.807) is 6.92 Å². The Hall–Kier alpha value is -2.20. The molecule has 0 bridgehead atoms. The summed E-state index contributed by atoms with van der Waals surface area (Å²) in [6.45, 7) is 1.55. The number of hydrogen-bond acceptors (Lipinski definition) is 6. The first-order valence-electron chi connectivity index (χ1n) is 5.51. The third-order valence-electron chi connectivity index (χ3n) is 2.25. The van der Waals surface area contributed by atoms with Crippen molar-refractivity contribution in [2.45, 2.75) is 11.8 Å². The number of hydrogen-bond donors (Lipinski definition) is 3. The zero-order valence-corrected chi connectivity index (χ0v) is 11.3. The molecule has 0 aliphatic heterocycles. The van der Waals surface area contributed by atoms with Gasteiger partial charge < -0.3 is 10.4 Å². The van der Waals surface area contributed by atoms with Gasteiger partial charge in [-0.1, -0.05) is 0 Å². The van der Waals surface area contributed by atoms with E-state index in [9.17, 15) is 28.4 Å². The molecule has 0 fully saturated rings. The highest BCUT2D eigenvalue weighted by atomic mass is 32.2. The Bertz CT molecular complexity index is 628. The van der Waals surface area contributed by atoms with Gasteiger partial charge in [-0.15, -0.1) is 0 Å². The molecule has 1 rings (SSSR count). The van der Waals surface area contributed by atoms with Crippen LogP contribution in [0.2, 0.25) is 0 Å². The molecule has 110 valence electrons. The fourth-order valence-corrected chi connectivity index (χ4v) is 2.32. The molecular weight excluding hydrogens is 290 g/mol. The number of sulfonamides is 1. The Morgan fingerprint density at radius 2 is 2.10 bits per heavy atom. The fraction of sp³-hybridized carbons (Fsp3) is 0.300. The number of rotatable bonds is 6. The molecule has 0 atom stereocenters. The number of amides is 1. The van der Waals surface area contributed by atoms with Crippen molar-refractivity contribution in [1.29, 1.82) is 0 Å². The number of benzene rings is 1. The van der Waals surface area contributed by atoms with Gasteiger partial charge in [-0.25, -0.2) is 13.1 Å². The van der Waals surface area contributed by atoms with E-state index in [-0.39, 0.29) is 0 Å². The summed E-state index contributed by atoms with van der Waals surface area (Å²) in [5, 5.41) is 22.3. The molecule has 1 amide bonds. The molecule has 0 saturated carbocycles. The smallest absolute Gasteiger partial charge is 0.312 e. The molecule has 9 nitrogen and oxygen atoms in total. The van der Waals surface area contributed by atoms with Gasteiger partial charge in [0.1, 0.15) is 0 Å². The summed E-state index contributed by atoms with van der Waals surface area (Å²) < 4.78 is 25.7. The van der Waals surface area contributed by atoms with E-state index >= 15 is 0 Å². The number of nitro groups is 1. The van der Waals surface area contributed by atoms with Crippen molar-refractivity contribution >= 4 is 21.6 Å². The van der Waals surface area contributed by atoms with Crippen molar-refractivity contribution in [1.82, 2.24) is 10.0 Å². The average molecular weight is 303 g/mol. The van der Waals surface area contributed by atoms with Crippen molar-refractivity contribution in [2.24, 2.45) is 0 Å². The van der Waals surface area contributed by atoms with Crippen molar-refractivity contribution in [3.63, 3.8) is 0 Å². The van der Waals surface area contributed by atoms with Crippen LogP contribution in [-0.2, 0) is 14.8 Å². The fourth-order valence-electron chi connectivity index (χ4n) is 1.32. The van der Waals surface area contributed by atoms with E-state index in [1.165, 1.54) is 0 Å². The normalized spacial score (nSPS) is 11.1. The lowest BCUT2D eigenvalue weighted by Gasteiger charge is -2.07. The molecule has 0 unspecified atom stereocenters. The number of carbonyl (C=O) groups excluding carboxylic acids is 1. The third-order valence-corrected chi connectivity index (χ3v) is 3.65. The molecule has 0 aromatic heterocycles. The lowest BCUT2D eigenvalue weighted by molar-refractivity contribution is -0.386. The SMILES string of the molecule is CCNC(=O)CNS(=O)(=O)c1ccc(O)c([N+](=O)[O-])c1. The molecule has 0 saturated heterocycles. The maximum absolute atomic E-state index is 11.8. The number of nitrogens with one attached hydrogen (secondary N) is 2. The summed E-state index contributed by atoms with van der Waals surface area (Å²) in [6, 6.07) is 2.62. The minimum Gasteiger partial charge on any atom is -0.502 e. The van der Waals surface area contributed by atoms with Crippen LogP contribution in [-0.4, -0.2) is 37.4 Å². The van der Waals surface area contributed by atoms with Crippen LogP contribution in [0.3, 0.4) is 0 Å². The molecule has 0 radical (unpaired) electrons. The van der Waals surface area contributed by atoms with E-state index in [2.05, 4.69) is 5.32 Å². The largest absolute Gasteiger partial charge is 0.502 e. The van der Waals surface area contributed by atoms with Gasteiger partial charge in [-0.05, 0) is 19.1 Å². The van der Waals surface area contributed by atoms with Crippen LogP contribution in [0, 0.1) is 10.1 Å². The lowest BCUT2D eigenvalue weighted by Crippen LogP contribution is -2.36. The molecule has 1 aromatic carbocycles. The maximum atomic E-state index is 11.8. The molecule has 0 spiro atoms. The number of likely N-dealkylation sites (N-methyl/N-ethyl adjacent to an activating group) is 1. The molecule has 3 N–H and O–H groups in total.